The van der Waals surface area contributed by atoms with Gasteiger partial charge in [0, 0.05) is 24.6 Å². The Balaban J connectivity index is 0. The summed E-state index contributed by atoms with van der Waals surface area (Å²) in [5, 5.41) is 3.01. The van der Waals surface area contributed by atoms with E-state index in [1.54, 1.807) is 0 Å². The van der Waals surface area contributed by atoms with Gasteiger partial charge in [-0.3, -0.25) is 9.59 Å². The molecule has 0 radical (unpaired) electrons. The van der Waals surface area contributed by atoms with E-state index in [1.807, 2.05) is 25.1 Å². The largest absolute Gasteiger partial charge is 1.00 e. The molecule has 0 saturated carbocycles. The average Bonchev–Trinajstić information content (AvgIpc) is 2.96. The minimum absolute atomic E-state index is 0. The first kappa shape index (κ1) is 41.8. The summed E-state index contributed by atoms with van der Waals surface area (Å²) in [6, 6.07) is 5.53. The Morgan fingerprint density at radius 3 is 1.56 bits per heavy atom. The standard InChI is InChI=1S/C31H56N3O5.2BrH/c1-8-33(9-2,10-3)20-22-38-28-24-27(31(36)32-19-17-15-16-18-30(35)37-14-7)25-29(26-28)39-23-21-34(11-4,12-5)13-6;;/h24-26H,8-23H2,1-7H3;2*1H/q+1;;/p-1. The fraction of sp³-hybridized carbons (Fsp3) is 0.742. The van der Waals surface area contributed by atoms with E-state index in [-0.39, 0.29) is 45.8 Å². The lowest BCUT2D eigenvalue weighted by molar-refractivity contribution is -0.923. The van der Waals surface area contributed by atoms with E-state index < -0.39 is 0 Å². The van der Waals surface area contributed by atoms with Crippen molar-refractivity contribution in [2.24, 2.45) is 0 Å². The van der Waals surface area contributed by atoms with Crippen LogP contribution in [-0.4, -0.2) is 99.6 Å². The lowest BCUT2D eigenvalue weighted by atomic mass is 10.1. The molecule has 0 aliphatic rings. The second kappa shape index (κ2) is 23.1. The SMILES string of the molecule is CCOC(=O)CCCCCNC(=O)c1cc(OCC[N+](CC)(CC)CC)cc(OCC[N+](CC)(CC)CC)c1.[Br-].[Br-]. The molecule has 41 heavy (non-hydrogen) atoms. The predicted molar refractivity (Wildman–Crippen MR) is 158 cm³/mol. The van der Waals surface area contributed by atoms with Crippen molar-refractivity contribution in [3.05, 3.63) is 23.8 Å². The molecular formula is C31H57Br2N3O5. The second-order valence-electron chi connectivity index (χ2n) is 10.3. The summed E-state index contributed by atoms with van der Waals surface area (Å²) in [4.78, 5) is 24.5. The van der Waals surface area contributed by atoms with Gasteiger partial charge < -0.3 is 62.5 Å². The molecule has 1 N–H and O–H groups in total. The molecular weight excluding hydrogens is 654 g/mol. The molecule has 0 aliphatic carbocycles. The molecule has 240 valence electrons. The van der Waals surface area contributed by atoms with E-state index in [1.165, 1.54) is 0 Å². The van der Waals surface area contributed by atoms with Gasteiger partial charge in [0.1, 0.15) is 37.8 Å². The number of esters is 1. The number of nitrogens with one attached hydrogen (secondary N) is 1. The number of amides is 1. The lowest BCUT2D eigenvalue weighted by Crippen LogP contribution is -3.00. The number of benzene rings is 1. The Bertz CT molecular complexity index is 788. The average molecular weight is 712 g/mol. The molecule has 0 saturated heterocycles. The van der Waals surface area contributed by atoms with Crippen molar-refractivity contribution in [1.29, 1.82) is 0 Å². The zero-order valence-corrected chi connectivity index (χ0v) is 29.9. The minimum atomic E-state index is -0.161. The van der Waals surface area contributed by atoms with Gasteiger partial charge in [-0.25, -0.2) is 0 Å². The summed E-state index contributed by atoms with van der Waals surface area (Å²) in [6.07, 6.45) is 2.84. The highest BCUT2D eigenvalue weighted by Crippen LogP contribution is 2.24. The summed E-state index contributed by atoms with van der Waals surface area (Å²) >= 11 is 0. The fourth-order valence-corrected chi connectivity index (χ4v) is 4.98. The maximum absolute atomic E-state index is 13.0. The van der Waals surface area contributed by atoms with Crippen LogP contribution in [0, 0.1) is 0 Å². The number of rotatable bonds is 22. The third kappa shape index (κ3) is 15.1. The predicted octanol–water partition coefficient (Wildman–Crippen LogP) is -0.941. The van der Waals surface area contributed by atoms with Crippen molar-refractivity contribution in [1.82, 2.24) is 5.32 Å². The van der Waals surface area contributed by atoms with Gasteiger partial charge in [0.2, 0.25) is 0 Å². The Morgan fingerprint density at radius 1 is 0.683 bits per heavy atom. The Morgan fingerprint density at radius 2 is 1.15 bits per heavy atom. The Labute approximate surface area is 271 Å². The number of halogens is 2. The third-order valence-corrected chi connectivity index (χ3v) is 8.48. The van der Waals surface area contributed by atoms with Gasteiger partial charge in [-0.1, -0.05) is 6.42 Å². The van der Waals surface area contributed by atoms with Gasteiger partial charge >= 0.3 is 5.97 Å². The Kier molecular flexibility index (Phi) is 23.6. The van der Waals surface area contributed by atoms with Crippen molar-refractivity contribution in [3.8, 4) is 11.5 Å². The molecule has 0 fully saturated rings. The van der Waals surface area contributed by atoms with Crippen LogP contribution in [0.15, 0.2) is 18.2 Å². The van der Waals surface area contributed by atoms with Gasteiger partial charge in [0.25, 0.3) is 5.91 Å². The third-order valence-electron chi connectivity index (χ3n) is 8.48. The first-order valence-electron chi connectivity index (χ1n) is 15.3. The van der Waals surface area contributed by atoms with Crippen molar-refractivity contribution in [2.75, 3.05) is 78.7 Å². The van der Waals surface area contributed by atoms with Crippen LogP contribution in [0.1, 0.15) is 84.5 Å². The quantitative estimate of drug-likeness (QED) is 0.0957. The number of carbonyl (C=O) groups excluding carboxylic acids is 2. The van der Waals surface area contributed by atoms with Gasteiger partial charge in [-0.2, -0.15) is 0 Å². The van der Waals surface area contributed by atoms with Crippen molar-refractivity contribution in [2.45, 2.75) is 74.1 Å². The molecule has 1 aromatic rings. The van der Waals surface area contributed by atoms with Crippen molar-refractivity contribution < 1.29 is 66.7 Å². The number of hydrogen-bond donors (Lipinski definition) is 1. The number of hydrogen-bond acceptors (Lipinski definition) is 5. The van der Waals surface area contributed by atoms with Crippen LogP contribution in [0.25, 0.3) is 0 Å². The first-order valence-corrected chi connectivity index (χ1v) is 15.3. The van der Waals surface area contributed by atoms with Crippen LogP contribution in [0.4, 0.5) is 0 Å². The molecule has 0 heterocycles. The molecule has 1 rings (SSSR count). The topological polar surface area (TPSA) is 73.9 Å². The van der Waals surface area contributed by atoms with E-state index in [9.17, 15) is 9.59 Å². The van der Waals surface area contributed by atoms with Crippen LogP contribution >= 0.6 is 0 Å². The van der Waals surface area contributed by atoms with Crippen LogP contribution < -0.4 is 48.8 Å². The summed E-state index contributed by atoms with van der Waals surface area (Å²) < 4.78 is 19.3. The smallest absolute Gasteiger partial charge is 0.305 e. The van der Waals surface area contributed by atoms with E-state index in [4.69, 9.17) is 14.2 Å². The Hall–Kier alpha value is -1.36. The van der Waals surface area contributed by atoms with Crippen LogP contribution in [0.2, 0.25) is 0 Å². The second-order valence-corrected chi connectivity index (χ2v) is 10.3. The molecule has 0 aliphatic heterocycles. The van der Waals surface area contributed by atoms with Gasteiger partial charge in [-0.05, 0) is 73.4 Å². The highest BCUT2D eigenvalue weighted by Gasteiger charge is 2.22. The maximum Gasteiger partial charge on any atom is 0.305 e. The molecule has 0 unspecified atom stereocenters. The van der Waals surface area contributed by atoms with Crippen LogP contribution in [-0.2, 0) is 9.53 Å². The summed E-state index contributed by atoms with van der Waals surface area (Å²) in [6.45, 7) is 25.5. The van der Waals surface area contributed by atoms with Crippen molar-refractivity contribution >= 4 is 11.9 Å². The van der Waals surface area contributed by atoms with Gasteiger partial charge in [0.15, 0.2) is 0 Å². The first-order chi connectivity index (χ1) is 18.8. The number of quaternary nitrogens is 2. The van der Waals surface area contributed by atoms with Crippen LogP contribution in [0.3, 0.4) is 0 Å². The fourth-order valence-electron chi connectivity index (χ4n) is 4.98. The lowest BCUT2D eigenvalue weighted by Gasteiger charge is -2.35. The van der Waals surface area contributed by atoms with E-state index in [0.717, 1.165) is 80.6 Å². The number of likely N-dealkylation sites (N-methyl/N-ethyl adjacent to an activating group) is 2. The molecule has 0 spiro atoms. The highest BCUT2D eigenvalue weighted by molar-refractivity contribution is 5.95. The van der Waals surface area contributed by atoms with Gasteiger partial charge in [-0.15, -0.1) is 0 Å². The number of nitrogens with zero attached hydrogens (tertiary/aromatic N) is 2. The molecule has 0 bridgehead atoms. The molecule has 0 aromatic heterocycles. The molecule has 8 nitrogen and oxygen atoms in total. The van der Waals surface area contributed by atoms with E-state index in [2.05, 4.69) is 46.9 Å². The summed E-state index contributed by atoms with van der Waals surface area (Å²) in [7, 11) is 0. The summed E-state index contributed by atoms with van der Waals surface area (Å²) in [5.41, 5.74) is 0.540. The highest BCUT2D eigenvalue weighted by atomic mass is 79.9. The molecule has 1 aromatic carbocycles. The van der Waals surface area contributed by atoms with E-state index >= 15 is 0 Å². The molecule has 0 atom stereocenters. The monoisotopic (exact) mass is 709 g/mol. The van der Waals surface area contributed by atoms with E-state index in [0.29, 0.717) is 49.8 Å². The molecule has 1 amide bonds. The maximum atomic E-state index is 13.0. The normalized spacial score (nSPS) is 11.2. The number of ether oxygens (including phenoxy) is 3. The minimum Gasteiger partial charge on any atom is -1.00 e. The van der Waals surface area contributed by atoms with Crippen LogP contribution in [0.5, 0.6) is 11.5 Å². The van der Waals surface area contributed by atoms with Gasteiger partial charge in [0.05, 0.1) is 45.9 Å². The van der Waals surface area contributed by atoms with Crippen molar-refractivity contribution in [3.63, 3.8) is 0 Å². The zero-order valence-electron chi connectivity index (χ0n) is 26.7. The molecule has 10 heteroatoms. The number of carbonyl (C=O) groups is 2. The summed E-state index contributed by atoms with van der Waals surface area (Å²) in [5.74, 6) is 1.02. The zero-order chi connectivity index (χ0) is 29.2. The number of unbranched alkanes of at least 4 members (excludes halogenated alkanes) is 2.